The number of aliphatic hydroxyl groups is 1. The van der Waals surface area contributed by atoms with Crippen LogP contribution in [0.1, 0.15) is 12.0 Å². The second-order valence-electron chi connectivity index (χ2n) is 3.82. The third-order valence-electron chi connectivity index (χ3n) is 3.15. The predicted octanol–water partition coefficient (Wildman–Crippen LogP) is 0.895. The minimum atomic E-state index is -0.0178. The first-order valence-electron chi connectivity index (χ1n) is 4.70. The molecule has 1 aromatic carbocycles. The molecule has 1 aliphatic rings. The van der Waals surface area contributed by atoms with Crippen molar-refractivity contribution in [3.05, 3.63) is 35.9 Å². The van der Waals surface area contributed by atoms with E-state index in [9.17, 15) is 5.11 Å². The summed E-state index contributed by atoms with van der Waals surface area (Å²) in [7, 11) is 0. The number of benzene rings is 1. The minimum Gasteiger partial charge on any atom is -0.395 e. The zero-order chi connectivity index (χ0) is 9.31. The molecular weight excluding hydrogens is 162 g/mol. The highest BCUT2D eigenvalue weighted by molar-refractivity contribution is 5.33. The lowest BCUT2D eigenvalue weighted by Gasteiger charge is -2.13. The van der Waals surface area contributed by atoms with Gasteiger partial charge in [0.2, 0.25) is 0 Å². The zero-order valence-electron chi connectivity index (χ0n) is 7.61. The summed E-state index contributed by atoms with van der Waals surface area (Å²) in [6.45, 7) is 0.897. The van der Waals surface area contributed by atoms with Crippen LogP contribution in [0.5, 0.6) is 0 Å². The van der Waals surface area contributed by atoms with Gasteiger partial charge in [0.25, 0.3) is 0 Å². The lowest BCUT2D eigenvalue weighted by atomic mass is 9.94. The Morgan fingerprint density at radius 1 is 1.38 bits per heavy atom. The molecule has 0 aliphatic heterocycles. The van der Waals surface area contributed by atoms with Gasteiger partial charge in [-0.05, 0) is 24.4 Å². The maximum Gasteiger partial charge on any atom is 0.0531 e. The molecule has 0 saturated heterocycles. The first-order valence-corrected chi connectivity index (χ1v) is 4.70. The molecule has 1 fully saturated rings. The second kappa shape index (κ2) is 3.13. The Labute approximate surface area is 78.4 Å². The SMILES string of the molecule is NC[C@H]1C[C@]1(CO)c1ccccc1. The lowest BCUT2D eigenvalue weighted by molar-refractivity contribution is 0.246. The van der Waals surface area contributed by atoms with Crippen molar-refractivity contribution in [3.8, 4) is 0 Å². The molecule has 0 radical (unpaired) electrons. The quantitative estimate of drug-likeness (QED) is 0.720. The highest BCUT2D eigenvalue weighted by atomic mass is 16.3. The molecule has 2 heteroatoms. The smallest absolute Gasteiger partial charge is 0.0531 e. The summed E-state index contributed by atoms with van der Waals surface area (Å²) >= 11 is 0. The zero-order valence-corrected chi connectivity index (χ0v) is 7.61. The van der Waals surface area contributed by atoms with Crippen LogP contribution in [0.25, 0.3) is 0 Å². The summed E-state index contributed by atoms with van der Waals surface area (Å²) in [6, 6.07) is 10.2. The Hall–Kier alpha value is -0.860. The van der Waals surface area contributed by atoms with Crippen molar-refractivity contribution in [2.45, 2.75) is 11.8 Å². The number of hydrogen-bond acceptors (Lipinski definition) is 2. The Morgan fingerprint density at radius 2 is 2.08 bits per heavy atom. The van der Waals surface area contributed by atoms with E-state index < -0.39 is 0 Å². The average molecular weight is 177 g/mol. The van der Waals surface area contributed by atoms with Crippen LogP contribution in [-0.4, -0.2) is 18.3 Å². The molecule has 0 unspecified atom stereocenters. The van der Waals surface area contributed by atoms with Crippen molar-refractivity contribution in [1.82, 2.24) is 0 Å². The van der Waals surface area contributed by atoms with Gasteiger partial charge in [0.15, 0.2) is 0 Å². The van der Waals surface area contributed by atoms with Crippen LogP contribution in [0, 0.1) is 5.92 Å². The molecule has 3 N–H and O–H groups in total. The van der Waals surface area contributed by atoms with E-state index in [0.29, 0.717) is 12.5 Å². The van der Waals surface area contributed by atoms with Crippen molar-refractivity contribution < 1.29 is 5.11 Å². The molecule has 0 aromatic heterocycles. The molecule has 0 amide bonds. The summed E-state index contributed by atoms with van der Waals surface area (Å²) in [4.78, 5) is 0. The molecule has 1 aromatic rings. The van der Waals surface area contributed by atoms with Gasteiger partial charge in [0.1, 0.15) is 0 Å². The van der Waals surface area contributed by atoms with E-state index in [1.165, 1.54) is 5.56 Å². The molecule has 0 bridgehead atoms. The maximum atomic E-state index is 9.36. The number of rotatable bonds is 3. The van der Waals surface area contributed by atoms with E-state index in [0.717, 1.165) is 6.42 Å². The second-order valence-corrected chi connectivity index (χ2v) is 3.82. The fourth-order valence-electron chi connectivity index (χ4n) is 2.10. The van der Waals surface area contributed by atoms with Crippen LogP contribution in [0.15, 0.2) is 30.3 Å². The van der Waals surface area contributed by atoms with E-state index in [1.54, 1.807) is 0 Å². The summed E-state index contributed by atoms with van der Waals surface area (Å²) in [5.74, 6) is 0.472. The molecule has 0 heterocycles. The number of hydrogen-bond donors (Lipinski definition) is 2. The largest absolute Gasteiger partial charge is 0.395 e. The fraction of sp³-hybridized carbons (Fsp3) is 0.455. The first-order chi connectivity index (χ1) is 6.33. The van der Waals surface area contributed by atoms with Crippen molar-refractivity contribution >= 4 is 0 Å². The van der Waals surface area contributed by atoms with E-state index in [2.05, 4.69) is 12.1 Å². The molecule has 1 aliphatic carbocycles. The van der Waals surface area contributed by atoms with Crippen molar-refractivity contribution in [2.24, 2.45) is 11.7 Å². The van der Waals surface area contributed by atoms with Crippen LogP contribution in [0.2, 0.25) is 0 Å². The van der Waals surface area contributed by atoms with Crippen molar-refractivity contribution in [1.29, 1.82) is 0 Å². The Morgan fingerprint density at radius 3 is 2.54 bits per heavy atom. The summed E-state index contributed by atoms with van der Waals surface area (Å²) in [6.07, 6.45) is 1.03. The van der Waals surface area contributed by atoms with Crippen LogP contribution in [-0.2, 0) is 5.41 Å². The molecule has 70 valence electrons. The van der Waals surface area contributed by atoms with Gasteiger partial charge < -0.3 is 10.8 Å². The van der Waals surface area contributed by atoms with Gasteiger partial charge in [-0.3, -0.25) is 0 Å². The molecule has 13 heavy (non-hydrogen) atoms. The molecule has 1 saturated carbocycles. The lowest BCUT2D eigenvalue weighted by Crippen LogP contribution is -2.19. The normalized spacial score (nSPS) is 31.7. The van der Waals surface area contributed by atoms with E-state index >= 15 is 0 Å². The molecule has 0 spiro atoms. The maximum absolute atomic E-state index is 9.36. The molecule has 2 nitrogen and oxygen atoms in total. The van der Waals surface area contributed by atoms with Crippen LogP contribution in [0.4, 0.5) is 0 Å². The number of aliphatic hydroxyl groups excluding tert-OH is 1. The number of nitrogens with two attached hydrogens (primary N) is 1. The van der Waals surface area contributed by atoms with Gasteiger partial charge >= 0.3 is 0 Å². The van der Waals surface area contributed by atoms with Gasteiger partial charge in [-0.2, -0.15) is 0 Å². The molecular formula is C11H15NO. The van der Waals surface area contributed by atoms with E-state index in [4.69, 9.17) is 5.73 Å². The summed E-state index contributed by atoms with van der Waals surface area (Å²) < 4.78 is 0. The van der Waals surface area contributed by atoms with E-state index in [-0.39, 0.29) is 12.0 Å². The van der Waals surface area contributed by atoms with Gasteiger partial charge in [-0.25, -0.2) is 0 Å². The molecule has 2 rings (SSSR count). The van der Waals surface area contributed by atoms with Gasteiger partial charge in [0, 0.05) is 5.41 Å². The summed E-state index contributed by atoms with van der Waals surface area (Å²) in [5, 5.41) is 9.36. The third kappa shape index (κ3) is 1.26. The van der Waals surface area contributed by atoms with Crippen LogP contribution >= 0.6 is 0 Å². The monoisotopic (exact) mass is 177 g/mol. The van der Waals surface area contributed by atoms with Crippen molar-refractivity contribution in [2.75, 3.05) is 13.2 Å². The highest BCUT2D eigenvalue weighted by Crippen LogP contribution is 2.53. The minimum absolute atomic E-state index is 0.0178. The summed E-state index contributed by atoms with van der Waals surface area (Å²) in [5.41, 5.74) is 6.82. The Balaban J connectivity index is 2.25. The van der Waals surface area contributed by atoms with E-state index in [1.807, 2.05) is 18.2 Å². The van der Waals surface area contributed by atoms with Gasteiger partial charge in [0.05, 0.1) is 6.61 Å². The fourth-order valence-corrected chi connectivity index (χ4v) is 2.10. The first kappa shape index (κ1) is 8.73. The van der Waals surface area contributed by atoms with Crippen molar-refractivity contribution in [3.63, 3.8) is 0 Å². The van der Waals surface area contributed by atoms with Gasteiger partial charge in [-0.15, -0.1) is 0 Å². The van der Waals surface area contributed by atoms with Gasteiger partial charge in [-0.1, -0.05) is 30.3 Å². The predicted molar refractivity (Wildman–Crippen MR) is 52.4 cm³/mol. The Kier molecular flexibility index (Phi) is 2.10. The molecule has 2 atom stereocenters. The Bertz CT molecular complexity index is 285. The van der Waals surface area contributed by atoms with Crippen LogP contribution < -0.4 is 5.73 Å². The topological polar surface area (TPSA) is 46.2 Å². The average Bonchev–Trinajstić information content (AvgIpc) is 2.94. The standard InChI is InChI=1S/C11H15NO/c12-7-10-6-11(10,8-13)9-4-2-1-3-5-9/h1-5,10,13H,6-8,12H2/t10-,11+/m1/s1. The highest BCUT2D eigenvalue weighted by Gasteiger charge is 2.53. The van der Waals surface area contributed by atoms with Crippen LogP contribution in [0.3, 0.4) is 0 Å². The third-order valence-corrected chi connectivity index (χ3v) is 3.15.